The molecule has 1 aliphatic rings. The van der Waals surface area contributed by atoms with Crippen LogP contribution in [0.5, 0.6) is 5.75 Å². The Balaban J connectivity index is 1.34. The molecule has 148 valence electrons. The lowest BCUT2D eigenvalue weighted by Gasteiger charge is -2.06. The molecule has 2 heterocycles. The summed E-state index contributed by atoms with van der Waals surface area (Å²) >= 11 is 0. The molecule has 6 nitrogen and oxygen atoms in total. The molecule has 6 heteroatoms. The number of benzene rings is 2. The van der Waals surface area contributed by atoms with Crippen LogP contribution in [0.2, 0.25) is 0 Å². The molecule has 0 saturated carbocycles. The molecule has 0 saturated heterocycles. The van der Waals surface area contributed by atoms with Gasteiger partial charge in [-0.3, -0.25) is 4.99 Å². The topological polar surface area (TPSA) is 84.9 Å². The van der Waals surface area contributed by atoms with Crippen molar-refractivity contribution in [2.75, 3.05) is 6.61 Å². The van der Waals surface area contributed by atoms with Crippen molar-refractivity contribution in [2.24, 2.45) is 4.99 Å². The molecule has 3 aromatic rings. The molecule has 1 aromatic heterocycles. The van der Waals surface area contributed by atoms with Crippen LogP contribution in [0.25, 0.3) is 11.5 Å². The third-order valence-corrected chi connectivity index (χ3v) is 4.96. The molecular weight excluding hydrogens is 368 g/mol. The number of nitrogens with zero attached hydrogens (tertiary/aromatic N) is 2. The van der Waals surface area contributed by atoms with E-state index >= 15 is 0 Å². The SMILES string of the molecule is Cc1oc(-c2ccccc2)nc1CCOc1ccc(C2=NC(C(=O)O)CC2)cc1. The van der Waals surface area contributed by atoms with Gasteiger partial charge in [-0.2, -0.15) is 0 Å². The van der Waals surface area contributed by atoms with Crippen molar-refractivity contribution in [3.05, 3.63) is 71.6 Å². The number of aliphatic carboxylic acids is 1. The first-order valence-electron chi connectivity index (χ1n) is 9.64. The average molecular weight is 390 g/mol. The number of carboxylic acids is 1. The second-order valence-electron chi connectivity index (χ2n) is 6.98. The van der Waals surface area contributed by atoms with Gasteiger partial charge in [0.05, 0.1) is 12.3 Å². The average Bonchev–Trinajstić information content (AvgIpc) is 3.37. The molecule has 0 aliphatic carbocycles. The van der Waals surface area contributed by atoms with Crippen LogP contribution < -0.4 is 4.74 Å². The van der Waals surface area contributed by atoms with Crippen molar-refractivity contribution in [3.63, 3.8) is 0 Å². The lowest BCUT2D eigenvalue weighted by molar-refractivity contribution is -0.138. The Morgan fingerprint density at radius 2 is 1.90 bits per heavy atom. The van der Waals surface area contributed by atoms with Gasteiger partial charge in [0.25, 0.3) is 0 Å². The number of aryl methyl sites for hydroxylation is 1. The predicted molar refractivity (Wildman–Crippen MR) is 110 cm³/mol. The molecule has 0 spiro atoms. The number of carbonyl (C=O) groups is 1. The molecule has 0 amide bonds. The van der Waals surface area contributed by atoms with Gasteiger partial charge in [0.2, 0.25) is 5.89 Å². The first-order chi connectivity index (χ1) is 14.1. The smallest absolute Gasteiger partial charge is 0.328 e. The van der Waals surface area contributed by atoms with Gasteiger partial charge in [-0.15, -0.1) is 0 Å². The van der Waals surface area contributed by atoms with Gasteiger partial charge < -0.3 is 14.3 Å². The number of hydrogen-bond donors (Lipinski definition) is 1. The quantitative estimate of drug-likeness (QED) is 0.650. The van der Waals surface area contributed by atoms with Gasteiger partial charge in [-0.1, -0.05) is 18.2 Å². The molecule has 0 fully saturated rings. The minimum atomic E-state index is -0.862. The molecule has 0 radical (unpaired) electrons. The number of aliphatic imine (C=N–C) groups is 1. The summed E-state index contributed by atoms with van der Waals surface area (Å²) in [7, 11) is 0. The third-order valence-electron chi connectivity index (χ3n) is 4.96. The summed E-state index contributed by atoms with van der Waals surface area (Å²) in [5.74, 6) is 1.32. The molecule has 1 N–H and O–H groups in total. The zero-order chi connectivity index (χ0) is 20.2. The maximum Gasteiger partial charge on any atom is 0.328 e. The van der Waals surface area contributed by atoms with E-state index in [-0.39, 0.29) is 0 Å². The third kappa shape index (κ3) is 4.37. The predicted octanol–water partition coefficient (Wildman–Crippen LogP) is 4.31. The zero-order valence-corrected chi connectivity index (χ0v) is 16.2. The van der Waals surface area contributed by atoms with E-state index < -0.39 is 12.0 Å². The van der Waals surface area contributed by atoms with Gasteiger partial charge >= 0.3 is 5.97 Å². The Bertz CT molecular complexity index is 1020. The van der Waals surface area contributed by atoms with Crippen LogP contribution in [0, 0.1) is 6.92 Å². The first-order valence-corrected chi connectivity index (χ1v) is 9.64. The lowest BCUT2D eigenvalue weighted by atomic mass is 10.1. The van der Waals surface area contributed by atoms with Crippen molar-refractivity contribution in [2.45, 2.75) is 32.2 Å². The molecule has 29 heavy (non-hydrogen) atoms. The normalized spacial score (nSPS) is 15.9. The number of ether oxygens (including phenoxy) is 1. The van der Waals surface area contributed by atoms with Gasteiger partial charge in [-0.05, 0) is 61.7 Å². The Morgan fingerprint density at radius 1 is 1.14 bits per heavy atom. The summed E-state index contributed by atoms with van der Waals surface area (Å²) in [6.07, 6.45) is 1.90. The highest BCUT2D eigenvalue weighted by Gasteiger charge is 2.24. The minimum absolute atomic E-state index is 0.489. The highest BCUT2D eigenvalue weighted by atomic mass is 16.5. The second-order valence-corrected chi connectivity index (χ2v) is 6.98. The van der Waals surface area contributed by atoms with Gasteiger partial charge in [0.15, 0.2) is 0 Å². The van der Waals surface area contributed by atoms with Crippen molar-refractivity contribution in [1.82, 2.24) is 4.98 Å². The van der Waals surface area contributed by atoms with Gasteiger partial charge in [0.1, 0.15) is 17.6 Å². The largest absolute Gasteiger partial charge is 0.493 e. The van der Waals surface area contributed by atoms with Crippen molar-refractivity contribution >= 4 is 11.7 Å². The Kier molecular flexibility index (Phi) is 5.42. The first kappa shape index (κ1) is 18.9. The summed E-state index contributed by atoms with van der Waals surface area (Å²) in [5.41, 5.74) is 3.63. The van der Waals surface area contributed by atoms with Crippen LogP contribution in [0.15, 0.2) is 64.0 Å². The zero-order valence-electron chi connectivity index (χ0n) is 16.2. The van der Waals surface area contributed by atoms with Gasteiger partial charge in [-0.25, -0.2) is 9.78 Å². The fourth-order valence-electron chi connectivity index (χ4n) is 3.36. The van der Waals surface area contributed by atoms with Crippen LogP contribution in [0.3, 0.4) is 0 Å². The van der Waals surface area contributed by atoms with E-state index in [4.69, 9.17) is 14.3 Å². The van der Waals surface area contributed by atoms with Crippen LogP contribution in [-0.2, 0) is 11.2 Å². The summed E-state index contributed by atoms with van der Waals surface area (Å²) < 4.78 is 11.6. The summed E-state index contributed by atoms with van der Waals surface area (Å²) in [6, 6.07) is 16.8. The molecule has 1 aliphatic heterocycles. The van der Waals surface area contributed by atoms with Crippen LogP contribution in [-0.4, -0.2) is 34.4 Å². The van der Waals surface area contributed by atoms with Crippen molar-refractivity contribution in [3.8, 4) is 17.2 Å². The fraction of sp³-hybridized carbons (Fsp3) is 0.261. The highest BCUT2D eigenvalue weighted by Crippen LogP contribution is 2.23. The number of hydrogen-bond acceptors (Lipinski definition) is 5. The molecule has 1 unspecified atom stereocenters. The van der Waals surface area contributed by atoms with E-state index in [1.165, 1.54) is 0 Å². The van der Waals surface area contributed by atoms with E-state index in [0.29, 0.717) is 31.8 Å². The molecule has 4 rings (SSSR count). The monoisotopic (exact) mass is 390 g/mol. The lowest BCUT2D eigenvalue weighted by Crippen LogP contribution is -2.13. The van der Waals surface area contributed by atoms with E-state index in [9.17, 15) is 4.79 Å². The van der Waals surface area contributed by atoms with E-state index in [0.717, 1.165) is 34.0 Å². The molecule has 2 aromatic carbocycles. The van der Waals surface area contributed by atoms with Crippen molar-refractivity contribution < 1.29 is 19.1 Å². The van der Waals surface area contributed by atoms with E-state index in [1.54, 1.807) is 0 Å². The molecular formula is C23H22N2O4. The van der Waals surface area contributed by atoms with Crippen molar-refractivity contribution in [1.29, 1.82) is 0 Å². The highest BCUT2D eigenvalue weighted by molar-refractivity contribution is 6.03. The number of aromatic nitrogens is 1. The van der Waals surface area contributed by atoms with Crippen LogP contribution in [0.1, 0.15) is 29.9 Å². The standard InChI is InChI=1S/C23H22N2O4/c1-15-19(25-22(29-15)17-5-3-2-4-6-17)13-14-28-18-9-7-16(8-10-18)20-11-12-21(24-20)23(26)27/h2-10,21H,11-14H2,1H3,(H,26,27). The van der Waals surface area contributed by atoms with Crippen LogP contribution in [0.4, 0.5) is 0 Å². The summed E-state index contributed by atoms with van der Waals surface area (Å²) in [5, 5.41) is 9.06. The maximum absolute atomic E-state index is 11.0. The Labute approximate surface area is 168 Å². The summed E-state index contributed by atoms with van der Waals surface area (Å²) in [6.45, 7) is 2.40. The fourth-order valence-corrected chi connectivity index (χ4v) is 3.36. The maximum atomic E-state index is 11.0. The minimum Gasteiger partial charge on any atom is -0.493 e. The van der Waals surface area contributed by atoms with Gasteiger partial charge in [0, 0.05) is 17.7 Å². The molecule has 1 atom stereocenters. The Morgan fingerprint density at radius 3 is 2.59 bits per heavy atom. The second kappa shape index (κ2) is 8.31. The number of rotatable bonds is 7. The summed E-state index contributed by atoms with van der Waals surface area (Å²) in [4.78, 5) is 19.9. The number of oxazole rings is 1. The Hall–Kier alpha value is -3.41. The van der Waals surface area contributed by atoms with E-state index in [2.05, 4.69) is 9.98 Å². The number of carboxylic acid groups (broad SMARTS) is 1. The van der Waals surface area contributed by atoms with E-state index in [1.807, 2.05) is 61.5 Å². The molecule has 0 bridgehead atoms. The van der Waals surface area contributed by atoms with Crippen LogP contribution >= 0.6 is 0 Å².